The summed E-state index contributed by atoms with van der Waals surface area (Å²) in [4.78, 5) is 27.8. The van der Waals surface area contributed by atoms with Crippen LogP contribution in [0.3, 0.4) is 0 Å². The van der Waals surface area contributed by atoms with Crippen molar-refractivity contribution in [3.8, 4) is 0 Å². The van der Waals surface area contributed by atoms with Crippen LogP contribution in [0.2, 0.25) is 4.34 Å². The molecule has 4 nitrogen and oxygen atoms in total. The molecule has 3 aromatic rings. The largest absolute Gasteiger partial charge is 0.375 e. The molecule has 2 aromatic carbocycles. The van der Waals surface area contributed by atoms with Crippen molar-refractivity contribution >= 4 is 40.3 Å². The van der Waals surface area contributed by atoms with E-state index >= 15 is 0 Å². The van der Waals surface area contributed by atoms with Crippen molar-refractivity contribution in [2.45, 2.75) is 18.6 Å². The number of Topliss-reactive ketones (excluding diaryl/α,β-unsaturated/α-hetero) is 1. The molecule has 0 spiro atoms. The van der Waals surface area contributed by atoms with Crippen LogP contribution in [0.1, 0.15) is 27.2 Å². The maximum atomic E-state index is 13.2. The summed E-state index contributed by atoms with van der Waals surface area (Å²) in [7, 11) is 0. The minimum atomic E-state index is -1.88. The minimum Gasteiger partial charge on any atom is -0.375 e. The maximum Gasteiger partial charge on any atom is 0.264 e. The van der Waals surface area contributed by atoms with Gasteiger partial charge in [0.05, 0.1) is 27.9 Å². The quantitative estimate of drug-likeness (QED) is 0.649. The van der Waals surface area contributed by atoms with Crippen LogP contribution in [0.15, 0.2) is 66.7 Å². The lowest BCUT2D eigenvalue weighted by atomic mass is 9.89. The number of nitrogens with zero attached hydrogens (tertiary/aromatic N) is 1. The number of fused-ring (bicyclic) bond motifs is 1. The number of amides is 1. The van der Waals surface area contributed by atoms with Gasteiger partial charge in [-0.1, -0.05) is 60.1 Å². The van der Waals surface area contributed by atoms with Gasteiger partial charge in [0.15, 0.2) is 11.4 Å². The number of thiophene rings is 1. The van der Waals surface area contributed by atoms with Crippen LogP contribution in [0.25, 0.3) is 0 Å². The van der Waals surface area contributed by atoms with E-state index in [0.717, 1.165) is 16.9 Å². The molecule has 1 aromatic heterocycles. The lowest BCUT2D eigenvalue weighted by Crippen LogP contribution is -2.41. The number of halogens is 1. The molecule has 136 valence electrons. The Kier molecular flexibility index (Phi) is 4.60. The lowest BCUT2D eigenvalue weighted by Gasteiger charge is -2.22. The van der Waals surface area contributed by atoms with E-state index in [0.29, 0.717) is 27.0 Å². The van der Waals surface area contributed by atoms with Crippen molar-refractivity contribution in [2.24, 2.45) is 0 Å². The predicted octanol–water partition coefficient (Wildman–Crippen LogP) is 4.41. The van der Waals surface area contributed by atoms with Crippen LogP contribution in [0.4, 0.5) is 5.69 Å². The summed E-state index contributed by atoms with van der Waals surface area (Å²) < 4.78 is 0.495. The summed E-state index contributed by atoms with van der Waals surface area (Å²) in [6.07, 6.45) is -0.315. The van der Waals surface area contributed by atoms with Crippen LogP contribution >= 0.6 is 22.9 Å². The molecule has 0 saturated heterocycles. The highest BCUT2D eigenvalue weighted by atomic mass is 35.5. The number of aliphatic hydroxyl groups is 1. The van der Waals surface area contributed by atoms with E-state index in [9.17, 15) is 14.7 Å². The van der Waals surface area contributed by atoms with Gasteiger partial charge in [-0.2, -0.15) is 0 Å². The third kappa shape index (κ3) is 3.18. The average molecular weight is 398 g/mol. The van der Waals surface area contributed by atoms with Gasteiger partial charge in [-0.05, 0) is 23.8 Å². The molecule has 0 fully saturated rings. The summed E-state index contributed by atoms with van der Waals surface area (Å²) >= 11 is 7.05. The fourth-order valence-corrected chi connectivity index (χ4v) is 4.36. The summed E-state index contributed by atoms with van der Waals surface area (Å²) in [5.41, 5.74) is 0.160. The number of hydrogen-bond acceptors (Lipinski definition) is 4. The number of ketones is 1. The molecule has 0 radical (unpaired) electrons. The van der Waals surface area contributed by atoms with Crippen molar-refractivity contribution in [2.75, 3.05) is 4.90 Å². The zero-order valence-electron chi connectivity index (χ0n) is 14.3. The molecule has 0 saturated carbocycles. The maximum absolute atomic E-state index is 13.2. The Morgan fingerprint density at radius 3 is 2.44 bits per heavy atom. The van der Waals surface area contributed by atoms with Crippen LogP contribution in [0.5, 0.6) is 0 Å². The molecule has 1 aliphatic heterocycles. The Hall–Kier alpha value is -2.47. The van der Waals surface area contributed by atoms with Crippen LogP contribution in [0, 0.1) is 0 Å². The molecular weight excluding hydrogens is 382 g/mol. The zero-order chi connectivity index (χ0) is 19.0. The van der Waals surface area contributed by atoms with Gasteiger partial charge in [0.25, 0.3) is 5.91 Å². The Morgan fingerprint density at radius 1 is 1.04 bits per heavy atom. The first-order valence-corrected chi connectivity index (χ1v) is 9.65. The van der Waals surface area contributed by atoms with Crippen molar-refractivity contribution in [3.05, 3.63) is 87.1 Å². The number of para-hydroxylation sites is 1. The minimum absolute atomic E-state index is 0.306. The van der Waals surface area contributed by atoms with Crippen molar-refractivity contribution in [3.63, 3.8) is 0 Å². The molecule has 0 unspecified atom stereocenters. The topological polar surface area (TPSA) is 57.6 Å². The van der Waals surface area contributed by atoms with Gasteiger partial charge in [0, 0.05) is 5.56 Å². The second-order valence-corrected chi connectivity index (χ2v) is 8.17. The molecule has 1 amide bonds. The summed E-state index contributed by atoms with van der Waals surface area (Å²) in [5.74, 6) is -0.789. The Balaban J connectivity index is 1.68. The van der Waals surface area contributed by atoms with Crippen LogP contribution < -0.4 is 4.90 Å². The van der Waals surface area contributed by atoms with Crippen molar-refractivity contribution in [1.29, 1.82) is 0 Å². The van der Waals surface area contributed by atoms with E-state index in [4.69, 9.17) is 11.6 Å². The molecule has 1 N–H and O–H groups in total. The number of rotatable bonds is 5. The lowest BCUT2D eigenvalue weighted by molar-refractivity contribution is -0.136. The molecule has 4 rings (SSSR count). The van der Waals surface area contributed by atoms with Crippen molar-refractivity contribution < 1.29 is 14.7 Å². The first kappa shape index (κ1) is 17.9. The van der Waals surface area contributed by atoms with Crippen LogP contribution in [-0.2, 0) is 16.9 Å². The van der Waals surface area contributed by atoms with Gasteiger partial charge in [-0.3, -0.25) is 9.59 Å². The van der Waals surface area contributed by atoms with Gasteiger partial charge in [0.1, 0.15) is 0 Å². The molecular formula is C21H16ClNO3S. The van der Waals surface area contributed by atoms with E-state index in [1.165, 1.54) is 0 Å². The number of carbonyl (C=O) groups excluding carboxylic acids is 2. The van der Waals surface area contributed by atoms with Crippen molar-refractivity contribution in [1.82, 2.24) is 0 Å². The van der Waals surface area contributed by atoms with Gasteiger partial charge in [-0.25, -0.2) is 0 Å². The number of hydrogen-bond donors (Lipinski definition) is 1. The smallest absolute Gasteiger partial charge is 0.264 e. The van der Waals surface area contributed by atoms with E-state index in [-0.39, 0.29) is 12.2 Å². The number of carbonyl (C=O) groups is 2. The van der Waals surface area contributed by atoms with Crippen LogP contribution in [-0.4, -0.2) is 16.8 Å². The normalized spacial score (nSPS) is 18.6. The van der Waals surface area contributed by atoms with E-state index in [1.807, 2.05) is 36.4 Å². The fraction of sp³-hybridized carbons (Fsp3) is 0.143. The van der Waals surface area contributed by atoms with Gasteiger partial charge >= 0.3 is 0 Å². The van der Waals surface area contributed by atoms with Gasteiger partial charge in [0.2, 0.25) is 0 Å². The highest BCUT2D eigenvalue weighted by Crippen LogP contribution is 2.43. The first-order chi connectivity index (χ1) is 13.0. The first-order valence-electron chi connectivity index (χ1n) is 8.45. The molecule has 2 heterocycles. The Bertz CT molecular complexity index is 1020. The Labute approximate surface area is 165 Å². The second kappa shape index (κ2) is 6.93. The Morgan fingerprint density at radius 2 is 1.74 bits per heavy atom. The predicted molar refractivity (Wildman–Crippen MR) is 106 cm³/mol. The van der Waals surface area contributed by atoms with E-state index in [1.54, 1.807) is 35.2 Å². The third-order valence-electron chi connectivity index (χ3n) is 4.69. The monoisotopic (exact) mass is 397 g/mol. The molecule has 0 bridgehead atoms. The summed E-state index contributed by atoms with van der Waals surface area (Å²) in [6.45, 7) is 0.331. The average Bonchev–Trinajstić information content (AvgIpc) is 3.20. The standard InChI is InChI=1S/C21H16ClNO3S/c22-19-11-10-18(27-19)17(24)12-21(26)15-8-4-5-9-16(15)23(20(21)25)13-14-6-2-1-3-7-14/h1-11,26H,12-13H2/t21-/m1/s1. The van der Waals surface area contributed by atoms with Gasteiger partial charge < -0.3 is 10.0 Å². The molecule has 6 heteroatoms. The molecule has 27 heavy (non-hydrogen) atoms. The van der Waals surface area contributed by atoms with E-state index < -0.39 is 11.5 Å². The SMILES string of the molecule is O=C(C[C@]1(O)C(=O)N(Cc2ccccc2)c2ccccc21)c1ccc(Cl)s1. The fourth-order valence-electron chi connectivity index (χ4n) is 3.38. The summed E-state index contributed by atoms with van der Waals surface area (Å²) in [5, 5.41) is 11.3. The van der Waals surface area contributed by atoms with E-state index in [2.05, 4.69) is 0 Å². The third-order valence-corrected chi connectivity index (χ3v) is 5.96. The number of benzene rings is 2. The highest BCUT2D eigenvalue weighted by molar-refractivity contribution is 7.18. The molecule has 0 aliphatic carbocycles. The summed E-state index contributed by atoms with van der Waals surface area (Å²) in [6, 6.07) is 19.9. The van der Waals surface area contributed by atoms with Gasteiger partial charge in [-0.15, -0.1) is 11.3 Å². The number of anilines is 1. The molecule has 1 atom stereocenters. The highest BCUT2D eigenvalue weighted by Gasteiger charge is 2.50. The molecule has 1 aliphatic rings. The zero-order valence-corrected chi connectivity index (χ0v) is 15.8. The second-order valence-electron chi connectivity index (χ2n) is 6.46.